The third-order valence-corrected chi connectivity index (χ3v) is 2.60. The molecule has 0 saturated carbocycles. The molecule has 0 atom stereocenters. The Labute approximate surface area is 76.7 Å². The second-order valence-electron chi connectivity index (χ2n) is 2.60. The van der Waals surface area contributed by atoms with Crippen LogP contribution in [-0.4, -0.2) is 5.11 Å². The molecule has 1 nitrogen and oxygen atoms in total. The molecule has 2 heteroatoms. The van der Waals surface area contributed by atoms with Crippen molar-refractivity contribution in [1.29, 1.82) is 0 Å². The summed E-state index contributed by atoms with van der Waals surface area (Å²) in [6.07, 6.45) is 3.57. The standard InChI is InChI=1S/C10H12OS/c1-3-9(7-11)6-10-5-4-8(2)12-10/h3-5,7,11H,1,6H2,2H3/b9-7+. The average Bonchev–Trinajstić information content (AvgIpc) is 2.47. The summed E-state index contributed by atoms with van der Waals surface area (Å²) < 4.78 is 0. The van der Waals surface area contributed by atoms with Crippen LogP contribution in [0, 0.1) is 6.92 Å². The molecule has 0 aliphatic carbocycles. The van der Waals surface area contributed by atoms with Gasteiger partial charge in [-0.05, 0) is 24.6 Å². The number of thiophene rings is 1. The van der Waals surface area contributed by atoms with Crippen LogP contribution in [0.2, 0.25) is 0 Å². The fourth-order valence-electron chi connectivity index (χ4n) is 0.952. The van der Waals surface area contributed by atoms with Crippen LogP contribution in [0.5, 0.6) is 0 Å². The van der Waals surface area contributed by atoms with Crippen molar-refractivity contribution in [2.24, 2.45) is 0 Å². The summed E-state index contributed by atoms with van der Waals surface area (Å²) in [6.45, 7) is 5.68. The van der Waals surface area contributed by atoms with Gasteiger partial charge in [0, 0.05) is 16.2 Å². The summed E-state index contributed by atoms with van der Waals surface area (Å²) in [5.74, 6) is 0. The molecule has 0 unspecified atom stereocenters. The Morgan fingerprint density at radius 2 is 2.42 bits per heavy atom. The molecule has 0 saturated heterocycles. The molecule has 1 aromatic rings. The monoisotopic (exact) mass is 180 g/mol. The van der Waals surface area contributed by atoms with E-state index in [0.717, 1.165) is 18.3 Å². The molecule has 12 heavy (non-hydrogen) atoms. The molecule has 0 aliphatic heterocycles. The minimum atomic E-state index is 0.776. The first kappa shape index (κ1) is 9.07. The van der Waals surface area contributed by atoms with Crippen molar-refractivity contribution in [2.75, 3.05) is 0 Å². The molecular weight excluding hydrogens is 168 g/mol. The summed E-state index contributed by atoms with van der Waals surface area (Å²) in [5, 5.41) is 8.77. The third kappa shape index (κ3) is 2.24. The zero-order valence-corrected chi connectivity index (χ0v) is 7.90. The van der Waals surface area contributed by atoms with Crippen LogP contribution in [0.15, 0.2) is 36.6 Å². The highest BCUT2D eigenvalue weighted by molar-refractivity contribution is 7.11. The van der Waals surface area contributed by atoms with Crippen LogP contribution in [0.4, 0.5) is 0 Å². The zero-order valence-electron chi connectivity index (χ0n) is 7.08. The number of aliphatic hydroxyl groups is 1. The van der Waals surface area contributed by atoms with E-state index in [1.165, 1.54) is 9.75 Å². The van der Waals surface area contributed by atoms with Crippen molar-refractivity contribution >= 4 is 11.3 Å². The van der Waals surface area contributed by atoms with Crippen LogP contribution in [0.3, 0.4) is 0 Å². The van der Waals surface area contributed by atoms with Gasteiger partial charge in [0.05, 0.1) is 6.26 Å². The van der Waals surface area contributed by atoms with E-state index in [-0.39, 0.29) is 0 Å². The van der Waals surface area contributed by atoms with Crippen molar-refractivity contribution in [1.82, 2.24) is 0 Å². The number of rotatable bonds is 3. The normalized spacial score (nSPS) is 11.6. The van der Waals surface area contributed by atoms with Gasteiger partial charge in [-0.25, -0.2) is 0 Å². The van der Waals surface area contributed by atoms with E-state index < -0.39 is 0 Å². The Balaban J connectivity index is 2.69. The maximum atomic E-state index is 8.77. The first-order valence-corrected chi connectivity index (χ1v) is 4.59. The first-order chi connectivity index (χ1) is 5.76. The lowest BCUT2D eigenvalue weighted by molar-refractivity contribution is 0.468. The molecule has 64 valence electrons. The minimum absolute atomic E-state index is 0.776. The quantitative estimate of drug-likeness (QED) is 0.559. The predicted octanol–water partition coefficient (Wildman–Crippen LogP) is 3.23. The van der Waals surface area contributed by atoms with Crippen molar-refractivity contribution in [3.63, 3.8) is 0 Å². The molecule has 0 spiro atoms. The topological polar surface area (TPSA) is 20.2 Å². The predicted molar refractivity (Wildman–Crippen MR) is 53.7 cm³/mol. The molecule has 0 bridgehead atoms. The Bertz CT molecular complexity index is 297. The molecule has 0 fully saturated rings. The van der Waals surface area contributed by atoms with Crippen molar-refractivity contribution < 1.29 is 5.11 Å². The van der Waals surface area contributed by atoms with Crippen molar-refractivity contribution in [2.45, 2.75) is 13.3 Å². The van der Waals surface area contributed by atoms with Gasteiger partial charge in [0.2, 0.25) is 0 Å². The van der Waals surface area contributed by atoms with Gasteiger partial charge in [-0.3, -0.25) is 0 Å². The Kier molecular flexibility index (Phi) is 3.11. The SMILES string of the molecule is C=C/C(=C\O)Cc1ccc(C)s1. The lowest BCUT2D eigenvalue weighted by Gasteiger charge is -1.95. The number of hydrogen-bond donors (Lipinski definition) is 1. The van der Waals surface area contributed by atoms with Crippen LogP contribution < -0.4 is 0 Å². The Morgan fingerprint density at radius 3 is 2.83 bits per heavy atom. The molecule has 1 aromatic heterocycles. The maximum Gasteiger partial charge on any atom is 0.0827 e. The highest BCUT2D eigenvalue weighted by Crippen LogP contribution is 2.18. The van der Waals surface area contributed by atoms with Crippen molar-refractivity contribution in [3.8, 4) is 0 Å². The molecular formula is C10H12OS. The van der Waals surface area contributed by atoms with Gasteiger partial charge >= 0.3 is 0 Å². The zero-order chi connectivity index (χ0) is 8.97. The number of allylic oxidation sites excluding steroid dienone is 2. The summed E-state index contributed by atoms with van der Waals surface area (Å²) in [5.41, 5.74) is 0.858. The van der Waals surface area contributed by atoms with Gasteiger partial charge in [0.1, 0.15) is 0 Å². The molecule has 1 heterocycles. The Morgan fingerprint density at radius 1 is 1.67 bits per heavy atom. The van der Waals surface area contributed by atoms with Crippen LogP contribution in [0.25, 0.3) is 0 Å². The van der Waals surface area contributed by atoms with E-state index in [1.807, 2.05) is 0 Å². The van der Waals surface area contributed by atoms with E-state index in [2.05, 4.69) is 25.6 Å². The van der Waals surface area contributed by atoms with Gasteiger partial charge < -0.3 is 5.11 Å². The van der Waals surface area contributed by atoms with Gasteiger partial charge in [0.25, 0.3) is 0 Å². The van der Waals surface area contributed by atoms with Crippen LogP contribution >= 0.6 is 11.3 Å². The van der Waals surface area contributed by atoms with Gasteiger partial charge in [-0.2, -0.15) is 0 Å². The maximum absolute atomic E-state index is 8.77. The smallest absolute Gasteiger partial charge is 0.0827 e. The van der Waals surface area contributed by atoms with E-state index >= 15 is 0 Å². The van der Waals surface area contributed by atoms with E-state index in [1.54, 1.807) is 17.4 Å². The fourth-order valence-corrected chi connectivity index (χ4v) is 1.88. The van der Waals surface area contributed by atoms with Gasteiger partial charge in [-0.15, -0.1) is 11.3 Å². The van der Waals surface area contributed by atoms with Crippen LogP contribution in [0.1, 0.15) is 9.75 Å². The first-order valence-electron chi connectivity index (χ1n) is 3.77. The van der Waals surface area contributed by atoms with Gasteiger partial charge in [0.15, 0.2) is 0 Å². The number of hydrogen-bond acceptors (Lipinski definition) is 2. The largest absolute Gasteiger partial charge is 0.515 e. The number of aryl methyl sites for hydroxylation is 1. The molecule has 0 aliphatic rings. The Hall–Kier alpha value is -1.02. The average molecular weight is 180 g/mol. The summed E-state index contributed by atoms with van der Waals surface area (Å²) >= 11 is 1.75. The van der Waals surface area contributed by atoms with Gasteiger partial charge in [-0.1, -0.05) is 12.7 Å². The van der Waals surface area contributed by atoms with E-state index in [4.69, 9.17) is 5.11 Å². The van der Waals surface area contributed by atoms with E-state index in [9.17, 15) is 0 Å². The van der Waals surface area contributed by atoms with E-state index in [0.29, 0.717) is 0 Å². The molecule has 0 aromatic carbocycles. The summed E-state index contributed by atoms with van der Waals surface area (Å²) in [4.78, 5) is 2.55. The lowest BCUT2D eigenvalue weighted by Crippen LogP contribution is -1.82. The molecule has 0 radical (unpaired) electrons. The second kappa shape index (κ2) is 4.12. The lowest BCUT2D eigenvalue weighted by atomic mass is 10.2. The fraction of sp³-hybridized carbons (Fsp3) is 0.200. The third-order valence-electron chi connectivity index (χ3n) is 1.60. The highest BCUT2D eigenvalue weighted by atomic mass is 32.1. The second-order valence-corrected chi connectivity index (χ2v) is 3.97. The summed E-state index contributed by atoms with van der Waals surface area (Å²) in [6, 6.07) is 4.16. The minimum Gasteiger partial charge on any atom is -0.515 e. The molecule has 0 amide bonds. The summed E-state index contributed by atoms with van der Waals surface area (Å²) in [7, 11) is 0. The molecule has 1 rings (SSSR count). The van der Waals surface area contributed by atoms with Crippen LogP contribution in [-0.2, 0) is 6.42 Å². The number of aliphatic hydroxyl groups excluding tert-OH is 1. The highest BCUT2D eigenvalue weighted by Gasteiger charge is 1.98. The molecule has 1 N–H and O–H groups in total. The van der Waals surface area contributed by atoms with Crippen molar-refractivity contribution in [3.05, 3.63) is 46.4 Å².